The normalized spacial score (nSPS) is 10.8. The summed E-state index contributed by atoms with van der Waals surface area (Å²) in [5.41, 5.74) is 0.388. The number of carbonyl (C=O) groups excluding carboxylic acids is 1. The molecule has 27 heavy (non-hydrogen) atoms. The van der Waals surface area contributed by atoms with Gasteiger partial charge in [0.1, 0.15) is 5.02 Å². The van der Waals surface area contributed by atoms with Crippen molar-refractivity contribution in [1.29, 1.82) is 0 Å². The van der Waals surface area contributed by atoms with Gasteiger partial charge in [-0.3, -0.25) is 9.48 Å². The van der Waals surface area contributed by atoms with Crippen LogP contribution >= 0.6 is 46.4 Å². The summed E-state index contributed by atoms with van der Waals surface area (Å²) < 4.78 is 1.46. The second-order valence-electron chi connectivity index (χ2n) is 5.20. The van der Waals surface area contributed by atoms with E-state index in [1.807, 2.05) is 0 Å². The predicted octanol–water partition coefficient (Wildman–Crippen LogP) is 4.43. The molecule has 0 aliphatic heterocycles. The van der Waals surface area contributed by atoms with Gasteiger partial charge in [-0.05, 0) is 22.6 Å². The van der Waals surface area contributed by atoms with Crippen LogP contribution in [0.15, 0.2) is 24.4 Å². The number of nitrogens with one attached hydrogen (secondary N) is 2. The molecule has 140 valence electrons. The van der Waals surface area contributed by atoms with Gasteiger partial charge in [-0.25, -0.2) is 0 Å². The van der Waals surface area contributed by atoms with E-state index >= 15 is 0 Å². The maximum atomic E-state index is 12.2. The molecule has 1 aromatic carbocycles. The van der Waals surface area contributed by atoms with Crippen molar-refractivity contribution in [3.8, 4) is 0 Å². The van der Waals surface area contributed by atoms with E-state index in [0.717, 1.165) is 5.56 Å². The molecular formula is C14H8Cl4N6O3. The number of nitrogens with zero attached hydrogens (tertiary/aromatic N) is 4. The molecule has 0 spiro atoms. The third-order valence-electron chi connectivity index (χ3n) is 3.38. The minimum absolute atomic E-state index is 0.0356. The molecule has 2 aromatic heterocycles. The van der Waals surface area contributed by atoms with E-state index in [1.165, 1.54) is 10.9 Å². The highest BCUT2D eigenvalue weighted by Crippen LogP contribution is 2.27. The molecule has 9 nitrogen and oxygen atoms in total. The van der Waals surface area contributed by atoms with Gasteiger partial charge in [-0.1, -0.05) is 57.6 Å². The minimum Gasteiger partial charge on any atom is -0.358 e. The summed E-state index contributed by atoms with van der Waals surface area (Å²) in [7, 11) is 0. The molecule has 1 amide bonds. The quantitative estimate of drug-likeness (QED) is 0.441. The lowest BCUT2D eigenvalue weighted by atomic mass is 10.2. The first-order chi connectivity index (χ1) is 12.8. The maximum absolute atomic E-state index is 12.2. The van der Waals surface area contributed by atoms with Gasteiger partial charge in [0.15, 0.2) is 16.5 Å². The molecule has 0 aliphatic rings. The fourth-order valence-corrected chi connectivity index (χ4v) is 3.05. The van der Waals surface area contributed by atoms with Gasteiger partial charge in [0.05, 0.1) is 6.54 Å². The van der Waals surface area contributed by atoms with Crippen LogP contribution in [0.1, 0.15) is 16.1 Å². The van der Waals surface area contributed by atoms with Gasteiger partial charge in [0.25, 0.3) is 5.91 Å². The smallest absolute Gasteiger partial charge is 0.358 e. The molecule has 0 saturated heterocycles. The van der Waals surface area contributed by atoms with Crippen LogP contribution in [0.5, 0.6) is 0 Å². The van der Waals surface area contributed by atoms with Crippen molar-refractivity contribution in [2.24, 2.45) is 0 Å². The molecule has 3 aromatic rings. The predicted molar refractivity (Wildman–Crippen MR) is 101 cm³/mol. The van der Waals surface area contributed by atoms with E-state index in [2.05, 4.69) is 20.6 Å². The fourth-order valence-electron chi connectivity index (χ4n) is 2.14. The Morgan fingerprint density at radius 1 is 1.26 bits per heavy atom. The second-order valence-corrected chi connectivity index (χ2v) is 6.83. The van der Waals surface area contributed by atoms with E-state index in [9.17, 15) is 14.9 Å². The molecule has 3 rings (SSSR count). The Kier molecular flexibility index (Phi) is 5.56. The summed E-state index contributed by atoms with van der Waals surface area (Å²) in [4.78, 5) is 22.2. The highest BCUT2D eigenvalue weighted by Gasteiger charge is 2.26. The van der Waals surface area contributed by atoms with Crippen LogP contribution in [0.4, 0.5) is 11.6 Å². The standard InChI is InChI=1S/C14H8Cl4N6O3/c15-7-2-1-6(8(16)3-7)4-23-5-9(17)12(22-23)19-14(25)11-10(18)13(21-20-11)24(26)27/h1-3,5H,4H2,(H,20,21)(H,19,22,25). The Balaban J connectivity index is 1.78. The molecule has 0 bridgehead atoms. The molecule has 0 fully saturated rings. The van der Waals surface area contributed by atoms with Gasteiger partial charge < -0.3 is 15.4 Å². The molecule has 2 heterocycles. The summed E-state index contributed by atoms with van der Waals surface area (Å²) in [6, 6.07) is 5.02. The first kappa shape index (κ1) is 19.4. The fraction of sp³-hybridized carbons (Fsp3) is 0.0714. The zero-order chi connectivity index (χ0) is 19.7. The summed E-state index contributed by atoms with van der Waals surface area (Å²) in [5, 5.41) is 23.6. The molecule has 13 heteroatoms. The number of halogens is 4. The van der Waals surface area contributed by atoms with Crippen LogP contribution < -0.4 is 5.32 Å². The van der Waals surface area contributed by atoms with Crippen LogP contribution in [0.3, 0.4) is 0 Å². The number of amides is 1. The Morgan fingerprint density at radius 3 is 2.63 bits per heavy atom. The zero-order valence-corrected chi connectivity index (χ0v) is 16.1. The van der Waals surface area contributed by atoms with Gasteiger partial charge in [-0.2, -0.15) is 5.10 Å². The van der Waals surface area contributed by atoms with E-state index < -0.39 is 21.7 Å². The Labute approximate surface area is 171 Å². The second kappa shape index (κ2) is 7.73. The number of hydrogen-bond donors (Lipinski definition) is 2. The van der Waals surface area contributed by atoms with Crippen LogP contribution in [0.2, 0.25) is 20.1 Å². The topological polar surface area (TPSA) is 119 Å². The number of nitro groups is 1. The number of benzene rings is 1. The van der Waals surface area contributed by atoms with E-state index in [4.69, 9.17) is 46.4 Å². The number of anilines is 1. The Morgan fingerprint density at radius 2 is 2.00 bits per heavy atom. The van der Waals surface area contributed by atoms with Crippen LogP contribution in [-0.4, -0.2) is 30.8 Å². The van der Waals surface area contributed by atoms with Crippen molar-refractivity contribution < 1.29 is 9.72 Å². The number of aromatic amines is 1. The van der Waals surface area contributed by atoms with Crippen molar-refractivity contribution in [2.75, 3.05) is 5.32 Å². The molecule has 0 unspecified atom stereocenters. The van der Waals surface area contributed by atoms with E-state index in [-0.39, 0.29) is 23.1 Å². The Hall–Kier alpha value is -2.33. The van der Waals surface area contributed by atoms with Gasteiger partial charge >= 0.3 is 5.82 Å². The number of hydrogen-bond acceptors (Lipinski definition) is 5. The first-order valence-corrected chi connectivity index (χ1v) is 8.64. The molecule has 0 aliphatic carbocycles. The lowest BCUT2D eigenvalue weighted by Crippen LogP contribution is -2.14. The third-order valence-corrected chi connectivity index (χ3v) is 4.61. The van der Waals surface area contributed by atoms with Crippen molar-refractivity contribution in [2.45, 2.75) is 6.54 Å². The molecule has 0 radical (unpaired) electrons. The summed E-state index contributed by atoms with van der Waals surface area (Å²) in [6.07, 6.45) is 1.48. The Bertz CT molecular complexity index is 1050. The monoisotopic (exact) mass is 448 g/mol. The molecular weight excluding hydrogens is 442 g/mol. The minimum atomic E-state index is -0.805. The van der Waals surface area contributed by atoms with Crippen molar-refractivity contribution in [3.63, 3.8) is 0 Å². The van der Waals surface area contributed by atoms with E-state index in [1.54, 1.807) is 18.2 Å². The summed E-state index contributed by atoms with van der Waals surface area (Å²) in [6.45, 7) is 0.278. The highest BCUT2D eigenvalue weighted by atomic mass is 35.5. The van der Waals surface area contributed by atoms with Crippen molar-refractivity contribution in [1.82, 2.24) is 20.0 Å². The number of carbonyl (C=O) groups is 1. The van der Waals surface area contributed by atoms with Crippen LogP contribution in [-0.2, 0) is 6.54 Å². The SMILES string of the molecule is O=C(Nc1nn(Cc2ccc(Cl)cc2Cl)cc1Cl)c1n[nH]c([N+](=O)[O-])c1Cl. The highest BCUT2D eigenvalue weighted by molar-refractivity contribution is 6.37. The maximum Gasteiger partial charge on any atom is 0.362 e. The molecule has 0 saturated carbocycles. The van der Waals surface area contributed by atoms with Crippen molar-refractivity contribution in [3.05, 3.63) is 65.9 Å². The van der Waals surface area contributed by atoms with Gasteiger partial charge in [0, 0.05) is 16.2 Å². The number of H-pyrrole nitrogens is 1. The first-order valence-electron chi connectivity index (χ1n) is 7.12. The van der Waals surface area contributed by atoms with Gasteiger partial charge in [0.2, 0.25) is 0 Å². The zero-order valence-electron chi connectivity index (χ0n) is 13.0. The summed E-state index contributed by atoms with van der Waals surface area (Å²) in [5.74, 6) is -1.36. The van der Waals surface area contributed by atoms with Gasteiger partial charge in [-0.15, -0.1) is 5.10 Å². The summed E-state index contributed by atoms with van der Waals surface area (Å²) >= 11 is 23.9. The van der Waals surface area contributed by atoms with Crippen LogP contribution in [0.25, 0.3) is 0 Å². The third kappa shape index (κ3) is 4.16. The average Bonchev–Trinajstić information content (AvgIpc) is 3.13. The largest absolute Gasteiger partial charge is 0.362 e. The lowest BCUT2D eigenvalue weighted by Gasteiger charge is -2.05. The van der Waals surface area contributed by atoms with Crippen molar-refractivity contribution >= 4 is 63.9 Å². The lowest BCUT2D eigenvalue weighted by molar-refractivity contribution is -0.389. The van der Waals surface area contributed by atoms with E-state index in [0.29, 0.717) is 10.0 Å². The average molecular weight is 450 g/mol. The van der Waals surface area contributed by atoms with Crippen LogP contribution in [0, 0.1) is 10.1 Å². The number of rotatable bonds is 5. The number of aromatic nitrogens is 4. The molecule has 2 N–H and O–H groups in total. The molecule has 0 atom stereocenters.